The van der Waals surface area contributed by atoms with Crippen LogP contribution in [0.3, 0.4) is 0 Å². The van der Waals surface area contributed by atoms with Gasteiger partial charge in [0, 0.05) is 13.0 Å². The molecule has 0 aromatic rings. The van der Waals surface area contributed by atoms with E-state index in [1.807, 2.05) is 21.1 Å². The Morgan fingerprint density at radius 3 is 1.78 bits per heavy atom. The van der Waals surface area contributed by atoms with E-state index in [1.54, 1.807) is 0 Å². The van der Waals surface area contributed by atoms with Crippen LogP contribution in [0.15, 0.2) is 36.5 Å². The minimum Gasteiger partial charge on any atom is -0.457 e. The number of carbonyl (C=O) groups is 1. The largest absolute Gasteiger partial charge is 0.472 e. The maximum atomic E-state index is 12.6. The Kier molecular flexibility index (Phi) is 33.0. The second kappa shape index (κ2) is 33.8. The fraction of sp³-hybridized carbons (Fsp3) is 0.825. The van der Waals surface area contributed by atoms with Crippen LogP contribution in [-0.2, 0) is 27.9 Å². The Hall–Kier alpha value is -1.28. The van der Waals surface area contributed by atoms with Gasteiger partial charge in [0.2, 0.25) is 0 Å². The number of allylic oxidation sites excluding steroid dienone is 6. The third-order valence-electron chi connectivity index (χ3n) is 8.22. The molecule has 8 nitrogen and oxygen atoms in total. The number of phosphoric acid groups is 1. The lowest BCUT2D eigenvalue weighted by Crippen LogP contribution is -2.37. The van der Waals surface area contributed by atoms with E-state index in [0.29, 0.717) is 24.1 Å². The molecule has 0 aliphatic heterocycles. The van der Waals surface area contributed by atoms with Crippen molar-refractivity contribution in [1.82, 2.24) is 0 Å². The standard InChI is InChI=1S/C40H76NO7P/c1-6-8-10-12-14-16-17-18-19-20-21-22-23-24-26-28-30-32-35-45-37-39(38-47-49(43,44)46-36-34-41(3,4)5)48-40(42)33-31-29-27-25-15-13-11-9-7-2/h8,10,14,16,18-19,39H,6-7,9,11-13,15,17,20-38H2,1-5H3/p+1/b10-8-,16-14-,19-18-. The third-order valence-corrected chi connectivity index (χ3v) is 9.20. The average Bonchev–Trinajstić information content (AvgIpc) is 3.04. The van der Waals surface area contributed by atoms with Crippen LogP contribution in [-0.4, -0.2) is 75.6 Å². The number of hydrogen-bond acceptors (Lipinski definition) is 6. The minimum atomic E-state index is -4.26. The molecule has 0 aliphatic carbocycles. The zero-order chi connectivity index (χ0) is 36.3. The van der Waals surface area contributed by atoms with Gasteiger partial charge in [0.05, 0.1) is 34.4 Å². The minimum absolute atomic E-state index is 0.0873. The molecular formula is C40H77NO7P+. The smallest absolute Gasteiger partial charge is 0.457 e. The SMILES string of the molecule is CC/C=C\C/C=C\C/C=C\CCCCCCCCCCOCC(COP(=O)(O)OCC[N+](C)(C)C)OC(=O)CCCCCCCCCCC. The molecule has 0 fully saturated rings. The molecule has 288 valence electrons. The highest BCUT2D eigenvalue weighted by molar-refractivity contribution is 7.47. The van der Waals surface area contributed by atoms with Crippen molar-refractivity contribution in [2.24, 2.45) is 0 Å². The van der Waals surface area contributed by atoms with Crippen LogP contribution in [0.2, 0.25) is 0 Å². The average molecular weight is 715 g/mol. The molecule has 0 bridgehead atoms. The molecule has 0 aromatic carbocycles. The highest BCUT2D eigenvalue weighted by Gasteiger charge is 2.26. The van der Waals surface area contributed by atoms with Crippen LogP contribution in [0.4, 0.5) is 0 Å². The second-order valence-corrected chi connectivity index (χ2v) is 15.7. The summed E-state index contributed by atoms with van der Waals surface area (Å²) in [5, 5.41) is 0. The lowest BCUT2D eigenvalue weighted by atomic mass is 10.1. The van der Waals surface area contributed by atoms with Gasteiger partial charge >= 0.3 is 13.8 Å². The van der Waals surface area contributed by atoms with Gasteiger partial charge in [-0.2, -0.15) is 0 Å². The first kappa shape index (κ1) is 47.7. The molecule has 0 saturated heterocycles. The van der Waals surface area contributed by atoms with Gasteiger partial charge in [-0.15, -0.1) is 0 Å². The number of quaternary nitrogens is 1. The number of unbranched alkanes of at least 4 members (excludes halogenated alkanes) is 16. The van der Waals surface area contributed by atoms with Crippen molar-refractivity contribution < 1.29 is 37.3 Å². The van der Waals surface area contributed by atoms with E-state index in [2.05, 4.69) is 50.3 Å². The van der Waals surface area contributed by atoms with E-state index >= 15 is 0 Å². The lowest BCUT2D eigenvalue weighted by molar-refractivity contribution is -0.870. The normalized spacial score (nSPS) is 14.3. The van der Waals surface area contributed by atoms with Gasteiger partial charge in [0.1, 0.15) is 19.3 Å². The maximum Gasteiger partial charge on any atom is 0.472 e. The summed E-state index contributed by atoms with van der Waals surface area (Å²) in [5.41, 5.74) is 0. The quantitative estimate of drug-likeness (QED) is 0.0227. The number of phosphoric ester groups is 1. The van der Waals surface area contributed by atoms with Gasteiger partial charge in [-0.25, -0.2) is 4.57 Å². The molecule has 0 heterocycles. The van der Waals surface area contributed by atoms with Crippen molar-refractivity contribution in [1.29, 1.82) is 0 Å². The first-order chi connectivity index (χ1) is 23.6. The molecule has 2 atom stereocenters. The van der Waals surface area contributed by atoms with Gasteiger partial charge in [0.15, 0.2) is 0 Å². The van der Waals surface area contributed by atoms with Gasteiger partial charge in [-0.3, -0.25) is 13.8 Å². The van der Waals surface area contributed by atoms with Crippen LogP contribution in [0.1, 0.15) is 155 Å². The number of carbonyl (C=O) groups excluding carboxylic acids is 1. The Bertz CT molecular complexity index is 884. The predicted octanol–water partition coefficient (Wildman–Crippen LogP) is 11.0. The molecule has 0 spiro atoms. The number of likely N-dealkylation sites (N-methyl/N-ethyl adjacent to an activating group) is 1. The molecule has 2 unspecified atom stereocenters. The molecule has 49 heavy (non-hydrogen) atoms. The zero-order valence-electron chi connectivity index (χ0n) is 32.4. The lowest BCUT2D eigenvalue weighted by Gasteiger charge is -2.24. The summed E-state index contributed by atoms with van der Waals surface area (Å²) >= 11 is 0. The van der Waals surface area contributed by atoms with E-state index in [0.717, 1.165) is 51.4 Å². The van der Waals surface area contributed by atoms with Gasteiger partial charge in [-0.05, 0) is 44.9 Å². The molecule has 9 heteroatoms. The van der Waals surface area contributed by atoms with Crippen molar-refractivity contribution >= 4 is 13.8 Å². The van der Waals surface area contributed by atoms with Gasteiger partial charge in [0.25, 0.3) is 0 Å². The summed E-state index contributed by atoms with van der Waals surface area (Å²) in [7, 11) is 1.66. The number of esters is 1. The topological polar surface area (TPSA) is 91.3 Å². The van der Waals surface area contributed by atoms with Crippen molar-refractivity contribution in [3.63, 3.8) is 0 Å². The van der Waals surface area contributed by atoms with Gasteiger partial charge in [-0.1, -0.05) is 140 Å². The van der Waals surface area contributed by atoms with E-state index in [9.17, 15) is 14.3 Å². The molecule has 0 rings (SSSR count). The van der Waals surface area contributed by atoms with Crippen LogP contribution >= 0.6 is 7.82 Å². The van der Waals surface area contributed by atoms with Crippen LogP contribution in [0.25, 0.3) is 0 Å². The molecular weight excluding hydrogens is 637 g/mol. The number of hydrogen-bond donors (Lipinski definition) is 1. The Labute approximate surface area is 302 Å². The number of ether oxygens (including phenoxy) is 2. The predicted molar refractivity (Wildman–Crippen MR) is 206 cm³/mol. The summed E-state index contributed by atoms with van der Waals surface area (Å²) < 4.78 is 34.8. The Morgan fingerprint density at radius 2 is 1.18 bits per heavy atom. The van der Waals surface area contributed by atoms with E-state index in [4.69, 9.17) is 18.5 Å². The number of rotatable bonds is 36. The summed E-state index contributed by atoms with van der Waals surface area (Å²) in [6, 6.07) is 0. The molecule has 0 aliphatic rings. The molecule has 0 aromatic heterocycles. The van der Waals surface area contributed by atoms with E-state index < -0.39 is 13.9 Å². The summed E-state index contributed by atoms with van der Waals surface area (Å²) in [6.45, 7) is 5.47. The van der Waals surface area contributed by atoms with Crippen molar-refractivity contribution in [3.05, 3.63) is 36.5 Å². The highest BCUT2D eigenvalue weighted by atomic mass is 31.2. The van der Waals surface area contributed by atoms with Gasteiger partial charge < -0.3 is 18.9 Å². The van der Waals surface area contributed by atoms with Crippen LogP contribution < -0.4 is 0 Å². The highest BCUT2D eigenvalue weighted by Crippen LogP contribution is 2.43. The Balaban J connectivity index is 4.22. The summed E-state index contributed by atoms with van der Waals surface area (Å²) in [6.07, 6.45) is 37.5. The fourth-order valence-corrected chi connectivity index (χ4v) is 5.90. The molecule has 1 N–H and O–H groups in total. The maximum absolute atomic E-state index is 12.6. The van der Waals surface area contributed by atoms with E-state index in [-0.39, 0.29) is 25.8 Å². The number of nitrogens with zero attached hydrogens (tertiary/aromatic N) is 1. The zero-order valence-corrected chi connectivity index (χ0v) is 33.3. The van der Waals surface area contributed by atoms with E-state index in [1.165, 1.54) is 83.5 Å². The molecule has 0 radical (unpaired) electrons. The Morgan fingerprint density at radius 1 is 0.653 bits per heavy atom. The first-order valence-electron chi connectivity index (χ1n) is 19.7. The molecule has 0 amide bonds. The fourth-order valence-electron chi connectivity index (χ4n) is 5.15. The first-order valence-corrected chi connectivity index (χ1v) is 21.2. The van der Waals surface area contributed by atoms with Crippen molar-refractivity contribution in [3.8, 4) is 0 Å². The van der Waals surface area contributed by atoms with Crippen LogP contribution in [0, 0.1) is 0 Å². The monoisotopic (exact) mass is 715 g/mol. The van der Waals surface area contributed by atoms with Crippen molar-refractivity contribution in [2.75, 3.05) is 54.1 Å². The molecule has 0 saturated carbocycles. The van der Waals surface area contributed by atoms with Crippen molar-refractivity contribution in [2.45, 2.75) is 161 Å². The third kappa shape index (κ3) is 37.8. The second-order valence-electron chi connectivity index (χ2n) is 14.3. The summed E-state index contributed by atoms with van der Waals surface area (Å²) in [5.74, 6) is -0.321. The van der Waals surface area contributed by atoms with Crippen LogP contribution in [0.5, 0.6) is 0 Å². The summed E-state index contributed by atoms with van der Waals surface area (Å²) in [4.78, 5) is 22.7.